The Morgan fingerprint density at radius 2 is 0.983 bits per heavy atom. The van der Waals surface area contributed by atoms with Gasteiger partial charge in [-0.15, -0.1) is 0 Å². The molecule has 8 nitrogen and oxygen atoms in total. The molecule has 0 unspecified atom stereocenters. The Morgan fingerprint density at radius 1 is 0.603 bits per heavy atom. The Labute approximate surface area is 343 Å². The number of unbranched alkanes of at least 4 members (excludes halogenated alkanes) is 2. The van der Waals surface area contributed by atoms with E-state index in [1.54, 1.807) is 50.6 Å². The van der Waals surface area contributed by atoms with Gasteiger partial charge >= 0.3 is 0 Å². The number of fused-ring (bicyclic) bond motifs is 2. The number of hydrogen-bond acceptors (Lipinski definition) is 8. The van der Waals surface area contributed by atoms with Crippen LogP contribution in [-0.2, 0) is 19.7 Å². The van der Waals surface area contributed by atoms with E-state index in [-0.39, 0.29) is 21.3 Å². The SMILES string of the molecule is CCCC[C@]1(CC)CS(=O)(=O)c2ccc(F)cc2[C@@H](c2cccc(OC)c2)[C@H]1O.CCCC[C@]1(CC)CS(=O)(=O)c2ccc(F)cc2[C@H](c2cccc(OC)c2)[C@@H]1O. The number of benzene rings is 4. The lowest BCUT2D eigenvalue weighted by Crippen LogP contribution is -2.42. The molecule has 0 fully saturated rings. The fraction of sp³-hybridized carbons (Fsp3) is 0.478. The first kappa shape index (κ1) is 45.2. The summed E-state index contributed by atoms with van der Waals surface area (Å²) in [4.78, 5) is 0.218. The van der Waals surface area contributed by atoms with Gasteiger partial charge < -0.3 is 19.7 Å². The second-order valence-corrected chi connectivity index (χ2v) is 19.8. The summed E-state index contributed by atoms with van der Waals surface area (Å²) >= 11 is 0. The van der Waals surface area contributed by atoms with Crippen LogP contribution in [0.25, 0.3) is 0 Å². The molecule has 2 aliphatic heterocycles. The molecule has 0 saturated heterocycles. The van der Waals surface area contributed by atoms with Crippen LogP contribution in [0.4, 0.5) is 8.78 Å². The van der Waals surface area contributed by atoms with Gasteiger partial charge in [0.2, 0.25) is 0 Å². The van der Waals surface area contributed by atoms with Crippen molar-refractivity contribution in [1.82, 2.24) is 0 Å². The maximum Gasteiger partial charge on any atom is 0.179 e. The summed E-state index contributed by atoms with van der Waals surface area (Å²) in [6.45, 7) is 7.94. The van der Waals surface area contributed by atoms with Crippen LogP contribution in [0, 0.1) is 22.5 Å². The van der Waals surface area contributed by atoms with Crippen molar-refractivity contribution in [2.75, 3.05) is 25.7 Å². The molecule has 0 amide bonds. The highest BCUT2D eigenvalue weighted by Crippen LogP contribution is 2.51. The third-order valence-corrected chi connectivity index (χ3v) is 16.5. The van der Waals surface area contributed by atoms with Crippen molar-refractivity contribution in [3.8, 4) is 11.5 Å². The maximum absolute atomic E-state index is 14.2. The van der Waals surface area contributed by atoms with E-state index in [2.05, 4.69) is 0 Å². The summed E-state index contributed by atoms with van der Waals surface area (Å²) in [5.41, 5.74) is 0.455. The molecule has 12 heteroatoms. The number of methoxy groups -OCH3 is 2. The van der Waals surface area contributed by atoms with Crippen molar-refractivity contribution in [2.45, 2.75) is 113 Å². The number of aliphatic hydroxyl groups excluding tert-OH is 2. The lowest BCUT2D eigenvalue weighted by atomic mass is 9.69. The van der Waals surface area contributed by atoms with Gasteiger partial charge in [0.05, 0.1) is 47.7 Å². The van der Waals surface area contributed by atoms with Crippen LogP contribution in [0.15, 0.2) is 94.7 Å². The van der Waals surface area contributed by atoms with Crippen molar-refractivity contribution < 1.29 is 45.3 Å². The molecule has 2 aliphatic rings. The minimum absolute atomic E-state index is 0.109. The number of sulfone groups is 2. The Bertz CT molecular complexity index is 2100. The maximum atomic E-state index is 14.2. The molecule has 0 saturated carbocycles. The molecule has 6 rings (SSSR count). The van der Waals surface area contributed by atoms with Gasteiger partial charge in [-0.1, -0.05) is 77.6 Å². The Hall–Kier alpha value is -3.84. The summed E-state index contributed by atoms with van der Waals surface area (Å²) in [6.07, 6.45) is 3.72. The van der Waals surface area contributed by atoms with E-state index in [9.17, 15) is 35.8 Å². The van der Waals surface area contributed by atoms with Crippen LogP contribution < -0.4 is 9.47 Å². The third kappa shape index (κ3) is 9.15. The molecule has 4 aromatic rings. The van der Waals surface area contributed by atoms with Gasteiger partial charge in [0, 0.05) is 22.7 Å². The van der Waals surface area contributed by atoms with Crippen LogP contribution in [-0.4, -0.2) is 65.0 Å². The van der Waals surface area contributed by atoms with E-state index < -0.39 is 66.2 Å². The van der Waals surface area contributed by atoms with E-state index in [0.29, 0.717) is 48.3 Å². The molecule has 2 N–H and O–H groups in total. The van der Waals surface area contributed by atoms with Crippen LogP contribution in [0.2, 0.25) is 0 Å². The van der Waals surface area contributed by atoms with Gasteiger partial charge in [-0.3, -0.25) is 0 Å². The van der Waals surface area contributed by atoms with Crippen molar-refractivity contribution in [3.05, 3.63) is 119 Å². The predicted octanol–water partition coefficient (Wildman–Crippen LogP) is 9.40. The normalized spacial score (nSPS) is 25.8. The lowest BCUT2D eigenvalue weighted by Gasteiger charge is -2.39. The van der Waals surface area contributed by atoms with Crippen molar-refractivity contribution in [3.63, 3.8) is 0 Å². The first-order valence-corrected chi connectivity index (χ1v) is 23.5. The highest BCUT2D eigenvalue weighted by Gasteiger charge is 2.50. The van der Waals surface area contributed by atoms with Crippen LogP contribution in [0.1, 0.15) is 113 Å². The van der Waals surface area contributed by atoms with E-state index in [1.165, 1.54) is 36.4 Å². The molecule has 58 heavy (non-hydrogen) atoms. The smallest absolute Gasteiger partial charge is 0.179 e. The zero-order valence-corrected chi connectivity index (χ0v) is 36.0. The summed E-state index contributed by atoms with van der Waals surface area (Å²) in [5.74, 6) is -1.43. The second-order valence-electron chi connectivity index (χ2n) is 15.9. The number of halogens is 2. The fourth-order valence-corrected chi connectivity index (χ4v) is 13.6. The summed E-state index contributed by atoms with van der Waals surface area (Å²) in [7, 11) is -4.28. The largest absolute Gasteiger partial charge is 0.497 e. The minimum Gasteiger partial charge on any atom is -0.497 e. The van der Waals surface area contributed by atoms with Gasteiger partial charge in [0.15, 0.2) is 19.7 Å². The van der Waals surface area contributed by atoms with E-state index in [0.717, 1.165) is 36.8 Å². The number of ether oxygens (including phenoxy) is 2. The van der Waals surface area contributed by atoms with Gasteiger partial charge in [0.25, 0.3) is 0 Å². The summed E-state index contributed by atoms with van der Waals surface area (Å²) in [5, 5.41) is 23.3. The zero-order valence-electron chi connectivity index (χ0n) is 34.4. The van der Waals surface area contributed by atoms with Crippen molar-refractivity contribution >= 4 is 19.7 Å². The minimum atomic E-state index is -3.69. The van der Waals surface area contributed by atoms with Crippen LogP contribution in [0.5, 0.6) is 11.5 Å². The first-order valence-electron chi connectivity index (χ1n) is 20.2. The molecule has 0 spiro atoms. The number of hydrogen-bond donors (Lipinski definition) is 2. The van der Waals surface area contributed by atoms with Crippen LogP contribution >= 0.6 is 0 Å². The average Bonchev–Trinajstić information content (AvgIpc) is 3.33. The topological polar surface area (TPSA) is 127 Å². The summed E-state index contributed by atoms with van der Waals surface area (Å²) < 4.78 is 92.4. The quantitative estimate of drug-likeness (QED) is 0.135. The molecule has 0 aromatic heterocycles. The van der Waals surface area contributed by atoms with Gasteiger partial charge in [-0.25, -0.2) is 25.6 Å². The standard InChI is InChI=1S/2C23H29FO4S/c2*1-4-6-12-23(5-2)15-29(26,27)20-11-10-17(24)14-19(20)21(22(23)25)16-8-7-9-18(13-16)28-3/h2*7-11,13-14,21-22,25H,4-6,12,15H2,1-3H3/t21-,22-,23+;21-,22-,23-/m01/s1. The molecule has 2 heterocycles. The second kappa shape index (κ2) is 18.6. The highest BCUT2D eigenvalue weighted by atomic mass is 32.2. The summed E-state index contributed by atoms with van der Waals surface area (Å²) in [6, 6.07) is 22.0. The van der Waals surface area contributed by atoms with Gasteiger partial charge in [-0.2, -0.15) is 0 Å². The molecular weight excluding hydrogens is 783 g/mol. The molecule has 0 aliphatic carbocycles. The first-order chi connectivity index (χ1) is 27.6. The Morgan fingerprint density at radius 3 is 1.31 bits per heavy atom. The monoisotopic (exact) mass is 840 g/mol. The molecular formula is C46H58F2O8S2. The predicted molar refractivity (Wildman–Crippen MR) is 223 cm³/mol. The molecule has 0 bridgehead atoms. The fourth-order valence-electron chi connectivity index (χ4n) is 9.09. The zero-order chi connectivity index (χ0) is 42.5. The van der Waals surface area contributed by atoms with Gasteiger partial charge in [0.1, 0.15) is 23.1 Å². The van der Waals surface area contributed by atoms with E-state index >= 15 is 0 Å². The Kier molecular flexibility index (Phi) is 14.5. The molecule has 0 radical (unpaired) electrons. The third-order valence-electron chi connectivity index (χ3n) is 12.5. The number of rotatable bonds is 12. The average molecular weight is 841 g/mol. The van der Waals surface area contributed by atoms with Crippen molar-refractivity contribution in [1.29, 1.82) is 0 Å². The Balaban J connectivity index is 0.000000221. The molecule has 6 atom stereocenters. The molecule has 316 valence electrons. The van der Waals surface area contributed by atoms with Crippen molar-refractivity contribution in [2.24, 2.45) is 10.8 Å². The van der Waals surface area contributed by atoms with E-state index in [1.807, 2.05) is 39.8 Å². The number of aliphatic hydroxyl groups is 2. The highest BCUT2D eigenvalue weighted by molar-refractivity contribution is 7.91. The van der Waals surface area contributed by atoms with Crippen LogP contribution in [0.3, 0.4) is 0 Å². The molecule has 4 aromatic carbocycles. The van der Waals surface area contributed by atoms with E-state index in [4.69, 9.17) is 9.47 Å². The lowest BCUT2D eigenvalue weighted by molar-refractivity contribution is 0.0172. The van der Waals surface area contributed by atoms with Gasteiger partial charge in [-0.05, 0) is 109 Å².